The van der Waals surface area contributed by atoms with Crippen LogP contribution in [-0.4, -0.2) is 43.2 Å². The molecule has 0 aliphatic carbocycles. The number of carboxylic acids is 1. The van der Waals surface area contributed by atoms with Gasteiger partial charge in [-0.15, -0.1) is 0 Å². The standard InChI is InChI=1S/C11H20O5S/c1-10(2,3)16-6-4-11(9(12)13)5-7-17(14,15)8-11/h4-8H2,1-3H3,(H,12,13). The second kappa shape index (κ2) is 4.57. The molecule has 0 spiro atoms. The Morgan fingerprint density at radius 2 is 2.00 bits per heavy atom. The molecule has 5 nitrogen and oxygen atoms in total. The Kier molecular flexibility index (Phi) is 3.88. The van der Waals surface area contributed by atoms with Gasteiger partial charge in [0, 0.05) is 6.61 Å². The maximum absolute atomic E-state index is 11.4. The first kappa shape index (κ1) is 14.4. The number of sulfone groups is 1. The van der Waals surface area contributed by atoms with Gasteiger partial charge in [0.2, 0.25) is 0 Å². The van der Waals surface area contributed by atoms with Gasteiger partial charge in [0.05, 0.1) is 22.5 Å². The molecule has 100 valence electrons. The first-order chi connectivity index (χ1) is 7.56. The molecule has 0 saturated carbocycles. The number of hydrogen-bond acceptors (Lipinski definition) is 4. The Morgan fingerprint density at radius 1 is 1.41 bits per heavy atom. The molecular formula is C11H20O5S. The van der Waals surface area contributed by atoms with Gasteiger partial charge >= 0.3 is 5.97 Å². The lowest BCUT2D eigenvalue weighted by atomic mass is 9.84. The highest BCUT2D eigenvalue weighted by Gasteiger charge is 2.48. The van der Waals surface area contributed by atoms with Crippen LogP contribution in [0.1, 0.15) is 33.6 Å². The van der Waals surface area contributed by atoms with Crippen LogP contribution in [0.3, 0.4) is 0 Å². The van der Waals surface area contributed by atoms with E-state index in [0.29, 0.717) is 0 Å². The molecule has 1 rings (SSSR count). The topological polar surface area (TPSA) is 80.7 Å². The smallest absolute Gasteiger partial charge is 0.310 e. The fourth-order valence-electron chi connectivity index (χ4n) is 1.94. The summed E-state index contributed by atoms with van der Waals surface area (Å²) in [4.78, 5) is 11.2. The van der Waals surface area contributed by atoms with Crippen LogP contribution < -0.4 is 0 Å². The molecule has 0 bridgehead atoms. The monoisotopic (exact) mass is 264 g/mol. The van der Waals surface area contributed by atoms with E-state index in [-0.39, 0.29) is 36.6 Å². The Labute approximate surface area is 102 Å². The van der Waals surface area contributed by atoms with E-state index in [1.165, 1.54) is 0 Å². The lowest BCUT2D eigenvalue weighted by Gasteiger charge is -2.25. The lowest BCUT2D eigenvalue weighted by molar-refractivity contribution is -0.149. The van der Waals surface area contributed by atoms with Gasteiger partial charge in [0.1, 0.15) is 0 Å². The summed E-state index contributed by atoms with van der Waals surface area (Å²) in [5.41, 5.74) is -1.48. The van der Waals surface area contributed by atoms with Crippen molar-refractivity contribution in [1.29, 1.82) is 0 Å². The number of hydrogen-bond donors (Lipinski definition) is 1. The van der Waals surface area contributed by atoms with Gasteiger partial charge in [-0.25, -0.2) is 8.42 Å². The minimum Gasteiger partial charge on any atom is -0.481 e. The van der Waals surface area contributed by atoms with Crippen LogP contribution >= 0.6 is 0 Å². The van der Waals surface area contributed by atoms with Crippen LogP contribution in [-0.2, 0) is 19.4 Å². The van der Waals surface area contributed by atoms with Crippen molar-refractivity contribution in [2.45, 2.75) is 39.2 Å². The number of carboxylic acid groups (broad SMARTS) is 1. The van der Waals surface area contributed by atoms with Crippen molar-refractivity contribution in [3.63, 3.8) is 0 Å². The molecule has 1 fully saturated rings. The van der Waals surface area contributed by atoms with Crippen LogP contribution in [0.2, 0.25) is 0 Å². The summed E-state index contributed by atoms with van der Waals surface area (Å²) in [5, 5.41) is 9.21. The molecule has 1 saturated heterocycles. The summed E-state index contributed by atoms with van der Waals surface area (Å²) >= 11 is 0. The highest BCUT2D eigenvalue weighted by molar-refractivity contribution is 7.91. The molecule has 1 atom stereocenters. The average molecular weight is 264 g/mol. The molecule has 17 heavy (non-hydrogen) atoms. The minimum atomic E-state index is -3.20. The SMILES string of the molecule is CC(C)(C)OCCC1(C(=O)O)CCS(=O)(=O)C1. The molecule has 1 aliphatic heterocycles. The second-order valence-corrected chi connectivity index (χ2v) is 7.82. The van der Waals surface area contributed by atoms with Gasteiger partial charge in [0.25, 0.3) is 0 Å². The average Bonchev–Trinajstić information content (AvgIpc) is 2.41. The third-order valence-corrected chi connectivity index (χ3v) is 4.78. The van der Waals surface area contributed by atoms with E-state index < -0.39 is 21.2 Å². The van der Waals surface area contributed by atoms with Gasteiger partial charge in [0.15, 0.2) is 9.84 Å². The summed E-state index contributed by atoms with van der Waals surface area (Å²) in [6, 6.07) is 0. The molecule has 0 aromatic rings. The number of carbonyl (C=O) groups is 1. The largest absolute Gasteiger partial charge is 0.481 e. The van der Waals surface area contributed by atoms with Gasteiger partial charge in [-0.05, 0) is 33.6 Å². The third kappa shape index (κ3) is 3.96. The molecule has 1 unspecified atom stereocenters. The van der Waals surface area contributed by atoms with Crippen LogP contribution in [0.4, 0.5) is 0 Å². The van der Waals surface area contributed by atoms with Gasteiger partial charge in [-0.2, -0.15) is 0 Å². The van der Waals surface area contributed by atoms with Crippen molar-refractivity contribution in [2.24, 2.45) is 5.41 Å². The van der Waals surface area contributed by atoms with Crippen molar-refractivity contribution in [1.82, 2.24) is 0 Å². The zero-order valence-corrected chi connectivity index (χ0v) is 11.3. The lowest BCUT2D eigenvalue weighted by Crippen LogP contribution is -2.34. The van der Waals surface area contributed by atoms with E-state index in [0.717, 1.165) is 0 Å². The van der Waals surface area contributed by atoms with Crippen molar-refractivity contribution < 1.29 is 23.1 Å². The zero-order chi connectivity index (χ0) is 13.3. The molecule has 1 aliphatic rings. The second-order valence-electron chi connectivity index (χ2n) is 5.64. The fourth-order valence-corrected chi connectivity index (χ4v) is 4.04. The molecule has 1 heterocycles. The van der Waals surface area contributed by atoms with Crippen molar-refractivity contribution in [3.8, 4) is 0 Å². The van der Waals surface area contributed by atoms with Crippen LogP contribution in [0, 0.1) is 5.41 Å². The molecule has 6 heteroatoms. The molecule has 1 N–H and O–H groups in total. The van der Waals surface area contributed by atoms with Crippen LogP contribution in [0.5, 0.6) is 0 Å². The predicted molar refractivity (Wildman–Crippen MR) is 63.7 cm³/mol. The maximum atomic E-state index is 11.4. The molecular weight excluding hydrogens is 244 g/mol. The summed E-state index contributed by atoms with van der Waals surface area (Å²) in [6.07, 6.45) is 0.441. The van der Waals surface area contributed by atoms with Crippen molar-refractivity contribution in [2.75, 3.05) is 18.1 Å². The highest BCUT2D eigenvalue weighted by atomic mass is 32.2. The fraction of sp³-hybridized carbons (Fsp3) is 0.909. The first-order valence-electron chi connectivity index (χ1n) is 5.64. The van der Waals surface area contributed by atoms with E-state index in [9.17, 15) is 18.3 Å². The summed E-state index contributed by atoms with van der Waals surface area (Å²) < 4.78 is 28.3. The quantitative estimate of drug-likeness (QED) is 0.821. The van der Waals surface area contributed by atoms with Gasteiger partial charge < -0.3 is 9.84 Å². The Balaban J connectivity index is 2.66. The summed E-state index contributed by atoms with van der Waals surface area (Å²) in [5.74, 6) is -1.33. The van der Waals surface area contributed by atoms with E-state index in [4.69, 9.17) is 4.74 Å². The summed E-state index contributed by atoms with van der Waals surface area (Å²) in [7, 11) is -3.20. The van der Waals surface area contributed by atoms with E-state index in [1.807, 2.05) is 20.8 Å². The van der Waals surface area contributed by atoms with Gasteiger partial charge in [-0.3, -0.25) is 4.79 Å². The van der Waals surface area contributed by atoms with Crippen LogP contribution in [0.15, 0.2) is 0 Å². The van der Waals surface area contributed by atoms with Crippen molar-refractivity contribution in [3.05, 3.63) is 0 Å². The van der Waals surface area contributed by atoms with E-state index >= 15 is 0 Å². The maximum Gasteiger partial charge on any atom is 0.310 e. The Morgan fingerprint density at radius 3 is 2.35 bits per heavy atom. The Hall–Kier alpha value is -0.620. The molecule has 0 aromatic heterocycles. The molecule has 0 aromatic carbocycles. The summed E-state index contributed by atoms with van der Waals surface area (Å²) in [6.45, 7) is 5.91. The van der Waals surface area contributed by atoms with Gasteiger partial charge in [-0.1, -0.05) is 0 Å². The zero-order valence-electron chi connectivity index (χ0n) is 10.5. The van der Waals surface area contributed by atoms with E-state index in [2.05, 4.69) is 0 Å². The predicted octanol–water partition coefficient (Wildman–Crippen LogP) is 1.08. The van der Waals surface area contributed by atoms with E-state index in [1.54, 1.807) is 0 Å². The first-order valence-corrected chi connectivity index (χ1v) is 7.46. The minimum absolute atomic E-state index is 0.0329. The van der Waals surface area contributed by atoms with Crippen LogP contribution in [0.25, 0.3) is 0 Å². The highest BCUT2D eigenvalue weighted by Crippen LogP contribution is 2.36. The molecule has 0 amide bonds. The van der Waals surface area contributed by atoms with Crippen molar-refractivity contribution >= 4 is 15.8 Å². The number of ether oxygens (including phenoxy) is 1. The number of rotatable bonds is 4. The number of aliphatic carboxylic acids is 1. The normalized spacial score (nSPS) is 28.2. The Bertz CT molecular complexity index is 393. The molecule has 0 radical (unpaired) electrons. The third-order valence-electron chi connectivity index (χ3n) is 2.96.